The van der Waals surface area contributed by atoms with Gasteiger partial charge in [-0.05, 0) is 45.5 Å². The van der Waals surface area contributed by atoms with Crippen LogP contribution in [-0.4, -0.2) is 61.6 Å². The highest BCUT2D eigenvalue weighted by Gasteiger charge is 2.38. The fraction of sp³-hybridized carbons (Fsp3) is 0.611. The molecule has 23 heavy (non-hydrogen) atoms. The lowest BCUT2D eigenvalue weighted by Gasteiger charge is -2.42. The summed E-state index contributed by atoms with van der Waals surface area (Å²) in [7, 11) is 2.10. The van der Waals surface area contributed by atoms with Gasteiger partial charge < -0.3 is 19.3 Å². The molecular weight excluding hydrogens is 292 g/mol. The number of carbonyl (C=O) groups excluding carboxylic acids is 1. The zero-order chi connectivity index (χ0) is 16.6. The molecule has 5 heteroatoms. The zero-order valence-electron chi connectivity index (χ0n) is 14.5. The second-order valence-corrected chi connectivity index (χ2v) is 7.09. The van der Waals surface area contributed by atoms with Crippen molar-refractivity contribution in [2.24, 2.45) is 0 Å². The normalized spacial score (nSPS) is 22.1. The number of ether oxygens (including phenoxy) is 2. The fourth-order valence-corrected chi connectivity index (χ4v) is 3.36. The van der Waals surface area contributed by atoms with Gasteiger partial charge in [-0.25, -0.2) is 0 Å². The lowest BCUT2D eigenvalue weighted by molar-refractivity contribution is -0.140. The van der Waals surface area contributed by atoms with Gasteiger partial charge in [-0.1, -0.05) is 6.07 Å². The van der Waals surface area contributed by atoms with Gasteiger partial charge in [0, 0.05) is 25.7 Å². The molecular formula is C18H26N2O3. The summed E-state index contributed by atoms with van der Waals surface area (Å²) >= 11 is 0. The van der Waals surface area contributed by atoms with Crippen molar-refractivity contribution in [2.45, 2.75) is 32.2 Å². The van der Waals surface area contributed by atoms with Crippen LogP contribution < -0.4 is 9.47 Å². The Bertz CT molecular complexity index is 600. The van der Waals surface area contributed by atoms with E-state index in [1.54, 1.807) is 0 Å². The minimum Gasteiger partial charge on any atom is -0.486 e. The topological polar surface area (TPSA) is 42.0 Å². The van der Waals surface area contributed by atoms with E-state index in [2.05, 4.69) is 18.9 Å². The number of likely N-dealkylation sites (N-methyl/N-ethyl adjacent to an activating group) is 1. The maximum atomic E-state index is 13.1. The van der Waals surface area contributed by atoms with Gasteiger partial charge in [-0.3, -0.25) is 4.79 Å². The average Bonchev–Trinajstić information content (AvgIpc) is 2.53. The Morgan fingerprint density at radius 3 is 2.57 bits per heavy atom. The number of hydrogen-bond acceptors (Lipinski definition) is 4. The Morgan fingerprint density at radius 2 is 1.87 bits per heavy atom. The van der Waals surface area contributed by atoms with Crippen LogP contribution in [0.4, 0.5) is 0 Å². The van der Waals surface area contributed by atoms with Crippen LogP contribution in [0.2, 0.25) is 0 Å². The second kappa shape index (κ2) is 6.04. The van der Waals surface area contributed by atoms with Crippen molar-refractivity contribution in [1.82, 2.24) is 9.80 Å². The lowest BCUT2D eigenvalue weighted by atomic mass is 9.82. The third kappa shape index (κ3) is 3.02. The van der Waals surface area contributed by atoms with Gasteiger partial charge in [-0.15, -0.1) is 0 Å². The Kier molecular flexibility index (Phi) is 4.23. The minimum absolute atomic E-state index is 0.176. The summed E-state index contributed by atoms with van der Waals surface area (Å²) in [6.45, 7) is 9.86. The summed E-state index contributed by atoms with van der Waals surface area (Å²) in [4.78, 5) is 17.4. The largest absolute Gasteiger partial charge is 0.486 e. The molecule has 1 saturated heterocycles. The maximum Gasteiger partial charge on any atom is 0.232 e. The molecule has 2 heterocycles. The zero-order valence-corrected chi connectivity index (χ0v) is 14.5. The SMILES string of the molecule is C[C@H]1CN(C)CCN1C(=O)C(C)(C)c1ccc2c(c1)OCCO2. The molecule has 1 aromatic rings. The van der Waals surface area contributed by atoms with Crippen LogP contribution in [-0.2, 0) is 10.2 Å². The van der Waals surface area contributed by atoms with E-state index < -0.39 is 5.41 Å². The van der Waals surface area contributed by atoms with Crippen LogP contribution in [0.1, 0.15) is 26.3 Å². The predicted molar refractivity (Wildman–Crippen MR) is 89.1 cm³/mol. The summed E-state index contributed by atoms with van der Waals surface area (Å²) in [5.41, 5.74) is 0.387. The van der Waals surface area contributed by atoms with Crippen LogP contribution in [0.25, 0.3) is 0 Å². The van der Waals surface area contributed by atoms with E-state index >= 15 is 0 Å². The third-order valence-electron chi connectivity index (χ3n) is 4.89. The van der Waals surface area contributed by atoms with Gasteiger partial charge in [0.2, 0.25) is 5.91 Å². The van der Waals surface area contributed by atoms with E-state index in [0.29, 0.717) is 13.2 Å². The second-order valence-electron chi connectivity index (χ2n) is 7.09. The summed E-state index contributed by atoms with van der Waals surface area (Å²) < 4.78 is 11.2. The first kappa shape index (κ1) is 16.1. The molecule has 1 aromatic carbocycles. The van der Waals surface area contributed by atoms with Crippen LogP contribution in [0.15, 0.2) is 18.2 Å². The first-order valence-electron chi connectivity index (χ1n) is 8.29. The molecule has 2 aliphatic rings. The van der Waals surface area contributed by atoms with Crippen molar-refractivity contribution < 1.29 is 14.3 Å². The summed E-state index contributed by atoms with van der Waals surface area (Å²) in [6, 6.07) is 6.07. The summed E-state index contributed by atoms with van der Waals surface area (Å²) in [5.74, 6) is 1.67. The van der Waals surface area contributed by atoms with E-state index in [-0.39, 0.29) is 11.9 Å². The summed E-state index contributed by atoms with van der Waals surface area (Å²) in [6.07, 6.45) is 0. The summed E-state index contributed by atoms with van der Waals surface area (Å²) in [5, 5.41) is 0. The standard InChI is InChI=1S/C18H26N2O3/c1-13-12-19(4)7-8-20(13)17(21)18(2,3)14-5-6-15-16(11-14)23-10-9-22-15/h5-6,11,13H,7-10,12H2,1-4H3/t13-/m0/s1. The Labute approximate surface area is 138 Å². The molecule has 0 aliphatic carbocycles. The highest BCUT2D eigenvalue weighted by atomic mass is 16.6. The molecule has 3 rings (SSSR count). The smallest absolute Gasteiger partial charge is 0.232 e. The first-order valence-corrected chi connectivity index (χ1v) is 8.29. The van der Waals surface area contributed by atoms with Crippen LogP contribution >= 0.6 is 0 Å². The van der Waals surface area contributed by atoms with Crippen LogP contribution in [0, 0.1) is 0 Å². The molecule has 0 N–H and O–H groups in total. The van der Waals surface area contributed by atoms with Gasteiger partial charge in [0.1, 0.15) is 13.2 Å². The van der Waals surface area contributed by atoms with E-state index in [0.717, 1.165) is 36.7 Å². The number of hydrogen-bond donors (Lipinski definition) is 0. The molecule has 0 spiro atoms. The Hall–Kier alpha value is -1.75. The number of fused-ring (bicyclic) bond motifs is 1. The average molecular weight is 318 g/mol. The van der Waals surface area contributed by atoms with Crippen molar-refractivity contribution in [3.05, 3.63) is 23.8 Å². The molecule has 0 unspecified atom stereocenters. The van der Waals surface area contributed by atoms with Crippen molar-refractivity contribution in [3.63, 3.8) is 0 Å². The molecule has 5 nitrogen and oxygen atoms in total. The molecule has 0 radical (unpaired) electrons. The van der Waals surface area contributed by atoms with Gasteiger partial charge >= 0.3 is 0 Å². The van der Waals surface area contributed by atoms with Gasteiger partial charge in [-0.2, -0.15) is 0 Å². The molecule has 0 bridgehead atoms. The van der Waals surface area contributed by atoms with E-state index in [4.69, 9.17) is 9.47 Å². The first-order chi connectivity index (χ1) is 10.9. The molecule has 1 fully saturated rings. The number of amides is 1. The molecule has 0 saturated carbocycles. The van der Waals surface area contributed by atoms with Crippen molar-refractivity contribution >= 4 is 5.91 Å². The van der Waals surface area contributed by atoms with E-state index in [1.165, 1.54) is 0 Å². The predicted octanol–water partition coefficient (Wildman–Crippen LogP) is 1.90. The lowest BCUT2D eigenvalue weighted by Crippen LogP contribution is -2.56. The van der Waals surface area contributed by atoms with Crippen molar-refractivity contribution in [3.8, 4) is 11.5 Å². The Balaban J connectivity index is 1.84. The van der Waals surface area contributed by atoms with Gasteiger partial charge in [0.05, 0.1) is 5.41 Å². The van der Waals surface area contributed by atoms with Gasteiger partial charge in [0.25, 0.3) is 0 Å². The fourth-order valence-electron chi connectivity index (χ4n) is 3.36. The molecule has 2 aliphatic heterocycles. The maximum absolute atomic E-state index is 13.1. The molecule has 0 aromatic heterocycles. The quantitative estimate of drug-likeness (QED) is 0.835. The number of carbonyl (C=O) groups is 1. The van der Waals surface area contributed by atoms with Crippen LogP contribution in [0.5, 0.6) is 11.5 Å². The number of piperazine rings is 1. The molecule has 126 valence electrons. The number of nitrogens with zero attached hydrogens (tertiary/aromatic N) is 2. The highest BCUT2D eigenvalue weighted by Crippen LogP contribution is 2.36. The Morgan fingerprint density at radius 1 is 1.17 bits per heavy atom. The number of benzene rings is 1. The highest BCUT2D eigenvalue weighted by molar-refractivity contribution is 5.88. The van der Waals surface area contributed by atoms with Crippen molar-refractivity contribution in [2.75, 3.05) is 39.9 Å². The van der Waals surface area contributed by atoms with E-state index in [9.17, 15) is 4.79 Å². The van der Waals surface area contributed by atoms with Gasteiger partial charge in [0.15, 0.2) is 11.5 Å². The van der Waals surface area contributed by atoms with Crippen molar-refractivity contribution in [1.29, 1.82) is 0 Å². The monoisotopic (exact) mass is 318 g/mol. The molecule has 1 amide bonds. The van der Waals surface area contributed by atoms with E-state index in [1.807, 2.05) is 36.9 Å². The number of rotatable bonds is 2. The molecule has 1 atom stereocenters. The minimum atomic E-state index is -0.583. The van der Waals surface area contributed by atoms with Crippen LogP contribution in [0.3, 0.4) is 0 Å². The third-order valence-corrected chi connectivity index (χ3v) is 4.89.